The quantitative estimate of drug-likeness (QED) is 0.852. The minimum absolute atomic E-state index is 0.374. The van der Waals surface area contributed by atoms with Gasteiger partial charge in [-0.15, -0.1) is 0 Å². The highest BCUT2D eigenvalue weighted by Crippen LogP contribution is 2.35. The Morgan fingerprint density at radius 1 is 1.17 bits per heavy atom. The van der Waals surface area contributed by atoms with Gasteiger partial charge in [0.05, 0.1) is 27.1 Å². The third-order valence-electron chi connectivity index (χ3n) is 2.29. The van der Waals surface area contributed by atoms with Crippen LogP contribution < -0.4 is 10.5 Å². The summed E-state index contributed by atoms with van der Waals surface area (Å²) in [5, 5.41) is 0.757. The fraction of sp³-hybridized carbons (Fsp3) is 0.167. The van der Waals surface area contributed by atoms with Crippen molar-refractivity contribution in [2.75, 3.05) is 5.73 Å². The Morgan fingerprint density at radius 3 is 2.56 bits per heavy atom. The van der Waals surface area contributed by atoms with Gasteiger partial charge in [0, 0.05) is 12.3 Å². The number of halogens is 2. The molecule has 0 radical (unpaired) electrons. The van der Waals surface area contributed by atoms with Gasteiger partial charge < -0.3 is 10.5 Å². The van der Waals surface area contributed by atoms with Gasteiger partial charge in [0.2, 0.25) is 5.88 Å². The Labute approximate surface area is 115 Å². The molecule has 0 fully saturated rings. The molecule has 1 heterocycles. The first-order valence-corrected chi connectivity index (χ1v) is 5.95. The van der Waals surface area contributed by atoms with Crippen molar-refractivity contribution in [1.29, 1.82) is 0 Å². The van der Waals surface area contributed by atoms with E-state index in [9.17, 15) is 0 Å². The van der Waals surface area contributed by atoms with Gasteiger partial charge in [-0.05, 0) is 19.9 Å². The number of hydrogen-bond acceptors (Lipinski definition) is 4. The fourth-order valence-electron chi connectivity index (χ4n) is 1.35. The predicted octanol–water partition coefficient (Wildman–Crippen LogP) is 3.77. The molecule has 0 saturated heterocycles. The van der Waals surface area contributed by atoms with Gasteiger partial charge in [0.1, 0.15) is 0 Å². The SMILES string of the molecule is Cc1cnc(C)c(Oc2cc(Cl)c(Cl)cc2N)n1. The van der Waals surface area contributed by atoms with Gasteiger partial charge in [-0.1, -0.05) is 23.2 Å². The van der Waals surface area contributed by atoms with Crippen molar-refractivity contribution in [2.24, 2.45) is 0 Å². The first-order valence-electron chi connectivity index (χ1n) is 5.20. The van der Waals surface area contributed by atoms with E-state index in [0.29, 0.717) is 33.1 Å². The Balaban J connectivity index is 2.40. The van der Waals surface area contributed by atoms with Gasteiger partial charge >= 0.3 is 0 Å². The molecule has 0 bridgehead atoms. The molecule has 18 heavy (non-hydrogen) atoms. The second-order valence-corrected chi connectivity index (χ2v) is 4.62. The summed E-state index contributed by atoms with van der Waals surface area (Å²) >= 11 is 11.8. The summed E-state index contributed by atoms with van der Waals surface area (Å²) in [7, 11) is 0. The molecule has 6 heteroatoms. The number of nitrogens with zero attached hydrogens (tertiary/aromatic N) is 2. The van der Waals surface area contributed by atoms with Crippen LogP contribution in [0.1, 0.15) is 11.4 Å². The second kappa shape index (κ2) is 5.00. The van der Waals surface area contributed by atoms with E-state index in [1.807, 2.05) is 6.92 Å². The van der Waals surface area contributed by atoms with Crippen LogP contribution in [0.3, 0.4) is 0 Å². The minimum Gasteiger partial charge on any atom is -0.435 e. The number of hydrogen-bond donors (Lipinski definition) is 1. The zero-order valence-electron chi connectivity index (χ0n) is 9.87. The maximum absolute atomic E-state index is 5.92. The first-order chi connectivity index (χ1) is 8.47. The summed E-state index contributed by atoms with van der Waals surface area (Å²) < 4.78 is 5.61. The van der Waals surface area contributed by atoms with Crippen LogP contribution in [0.2, 0.25) is 10.0 Å². The van der Waals surface area contributed by atoms with Crippen molar-refractivity contribution in [2.45, 2.75) is 13.8 Å². The lowest BCUT2D eigenvalue weighted by Gasteiger charge is -2.10. The lowest BCUT2D eigenvalue weighted by Crippen LogP contribution is -1.98. The Bertz CT molecular complexity index is 602. The van der Waals surface area contributed by atoms with Crippen LogP contribution in [0.15, 0.2) is 18.3 Å². The first kappa shape index (κ1) is 12.9. The van der Waals surface area contributed by atoms with Gasteiger partial charge in [-0.2, -0.15) is 0 Å². The summed E-state index contributed by atoms with van der Waals surface area (Å²) in [6.45, 7) is 3.63. The van der Waals surface area contributed by atoms with Crippen molar-refractivity contribution in [3.05, 3.63) is 39.8 Å². The zero-order valence-corrected chi connectivity index (χ0v) is 11.4. The molecule has 0 aliphatic heterocycles. The third kappa shape index (κ3) is 2.66. The van der Waals surface area contributed by atoms with Crippen LogP contribution in [-0.4, -0.2) is 9.97 Å². The van der Waals surface area contributed by atoms with Crippen LogP contribution in [-0.2, 0) is 0 Å². The molecule has 1 aromatic heterocycles. The van der Waals surface area contributed by atoms with Crippen LogP contribution in [0.25, 0.3) is 0 Å². The highest BCUT2D eigenvalue weighted by Gasteiger charge is 2.10. The van der Waals surface area contributed by atoms with Crippen molar-refractivity contribution in [3.63, 3.8) is 0 Å². The molecule has 4 nitrogen and oxygen atoms in total. The van der Waals surface area contributed by atoms with Crippen molar-refractivity contribution in [3.8, 4) is 11.6 Å². The monoisotopic (exact) mass is 283 g/mol. The van der Waals surface area contributed by atoms with Crippen LogP contribution in [0.4, 0.5) is 5.69 Å². The van der Waals surface area contributed by atoms with Gasteiger partial charge in [-0.25, -0.2) is 4.98 Å². The molecule has 1 aromatic carbocycles. The van der Waals surface area contributed by atoms with E-state index in [2.05, 4.69) is 9.97 Å². The number of aromatic nitrogens is 2. The molecular weight excluding hydrogens is 273 g/mol. The number of anilines is 1. The van der Waals surface area contributed by atoms with E-state index in [1.54, 1.807) is 19.2 Å². The topological polar surface area (TPSA) is 61.0 Å². The predicted molar refractivity (Wildman–Crippen MR) is 72.5 cm³/mol. The molecule has 0 unspecified atom stereocenters. The maximum atomic E-state index is 5.92. The Hall–Kier alpha value is -1.52. The molecule has 94 valence electrons. The zero-order chi connectivity index (χ0) is 13.3. The summed E-state index contributed by atoms with van der Waals surface area (Å²) in [6, 6.07) is 3.10. The highest BCUT2D eigenvalue weighted by molar-refractivity contribution is 6.42. The summed E-state index contributed by atoms with van der Waals surface area (Å²) in [6.07, 6.45) is 1.67. The van der Waals surface area contributed by atoms with Gasteiger partial charge in [0.25, 0.3) is 0 Å². The molecule has 0 saturated carbocycles. The fourth-order valence-corrected chi connectivity index (χ4v) is 1.67. The maximum Gasteiger partial charge on any atom is 0.241 e. The summed E-state index contributed by atoms with van der Waals surface area (Å²) in [5.41, 5.74) is 7.64. The molecule has 2 N–H and O–H groups in total. The normalized spacial score (nSPS) is 10.4. The molecule has 2 aromatic rings. The van der Waals surface area contributed by atoms with E-state index in [-0.39, 0.29) is 0 Å². The molecule has 0 amide bonds. The standard InChI is InChI=1S/C12H11Cl2N3O/c1-6-5-16-7(2)12(17-6)18-11-4-9(14)8(13)3-10(11)15/h3-5H,15H2,1-2H3. The smallest absolute Gasteiger partial charge is 0.241 e. The number of nitrogen functional groups attached to an aromatic ring is 1. The lowest BCUT2D eigenvalue weighted by atomic mass is 10.3. The second-order valence-electron chi connectivity index (χ2n) is 3.81. The summed E-state index contributed by atoms with van der Waals surface area (Å²) in [4.78, 5) is 8.40. The van der Waals surface area contributed by atoms with Crippen LogP contribution >= 0.6 is 23.2 Å². The van der Waals surface area contributed by atoms with Crippen LogP contribution in [0.5, 0.6) is 11.6 Å². The largest absolute Gasteiger partial charge is 0.435 e. The number of ether oxygens (including phenoxy) is 1. The molecule has 2 rings (SSSR count). The number of aryl methyl sites for hydroxylation is 2. The summed E-state index contributed by atoms with van der Waals surface area (Å²) in [5.74, 6) is 0.812. The molecule has 0 aliphatic rings. The number of rotatable bonds is 2. The number of nitrogens with two attached hydrogens (primary N) is 1. The van der Waals surface area contributed by atoms with Crippen molar-refractivity contribution in [1.82, 2.24) is 9.97 Å². The van der Waals surface area contributed by atoms with Crippen molar-refractivity contribution < 1.29 is 4.74 Å². The molecule has 0 atom stereocenters. The number of benzene rings is 1. The highest BCUT2D eigenvalue weighted by atomic mass is 35.5. The average molecular weight is 284 g/mol. The van der Waals surface area contributed by atoms with Gasteiger partial charge in [0.15, 0.2) is 5.75 Å². The van der Waals surface area contributed by atoms with E-state index in [1.165, 1.54) is 6.07 Å². The van der Waals surface area contributed by atoms with Crippen molar-refractivity contribution >= 4 is 28.9 Å². The average Bonchev–Trinajstić information content (AvgIpc) is 2.30. The molecule has 0 spiro atoms. The molecular formula is C12H11Cl2N3O. The van der Waals surface area contributed by atoms with E-state index >= 15 is 0 Å². The minimum atomic E-state index is 0.374. The molecule has 0 aliphatic carbocycles. The van der Waals surface area contributed by atoms with E-state index < -0.39 is 0 Å². The van der Waals surface area contributed by atoms with E-state index in [4.69, 9.17) is 33.7 Å². The third-order valence-corrected chi connectivity index (χ3v) is 3.01. The van der Waals surface area contributed by atoms with E-state index in [0.717, 1.165) is 5.69 Å². The van der Waals surface area contributed by atoms with Crippen LogP contribution in [0, 0.1) is 13.8 Å². The Kier molecular flexibility index (Phi) is 3.59. The van der Waals surface area contributed by atoms with Gasteiger partial charge in [-0.3, -0.25) is 4.98 Å². The Morgan fingerprint density at radius 2 is 1.83 bits per heavy atom. The lowest BCUT2D eigenvalue weighted by molar-refractivity contribution is 0.456.